The fraction of sp³-hybridized carbons (Fsp3) is 0.125. The minimum atomic E-state index is 0.216. The molecule has 4 nitrogen and oxygen atoms in total. The topological polar surface area (TPSA) is 50.4 Å². The Bertz CT molecular complexity index is 900. The number of imidazole rings is 1. The maximum Gasteiger partial charge on any atom is 0.230 e. The predicted molar refractivity (Wildman–Crippen MR) is 96.2 cm³/mol. The second kappa shape index (κ2) is 5.85. The molecule has 6 heteroatoms. The van der Waals surface area contributed by atoms with Crippen molar-refractivity contribution in [3.63, 3.8) is 0 Å². The zero-order chi connectivity index (χ0) is 15.9. The van der Waals surface area contributed by atoms with Gasteiger partial charge in [0.15, 0.2) is 0 Å². The monoisotopic (exact) mass is 421 g/mol. The van der Waals surface area contributed by atoms with Gasteiger partial charge in [0.1, 0.15) is 5.75 Å². The molecule has 0 spiro atoms. The van der Waals surface area contributed by atoms with Crippen LogP contribution in [0.15, 0.2) is 44.3 Å². The molecule has 1 N–H and O–H groups in total. The Morgan fingerprint density at radius 3 is 2.64 bits per heavy atom. The number of aryl methyl sites for hydroxylation is 2. The summed E-state index contributed by atoms with van der Waals surface area (Å²) in [5, 5.41) is 9.92. The largest absolute Gasteiger partial charge is 0.507 e. The number of phenols is 1. The van der Waals surface area contributed by atoms with Gasteiger partial charge in [0.25, 0.3) is 0 Å². The average Bonchev–Trinajstić information content (AvgIpc) is 2.75. The minimum absolute atomic E-state index is 0.216. The number of hydrogen-bond acceptors (Lipinski definition) is 3. The van der Waals surface area contributed by atoms with Crippen molar-refractivity contribution in [2.24, 2.45) is 12.0 Å². The highest BCUT2D eigenvalue weighted by Gasteiger charge is 2.09. The Kier molecular flexibility index (Phi) is 4.06. The van der Waals surface area contributed by atoms with Crippen LogP contribution in [0.4, 0.5) is 5.95 Å². The van der Waals surface area contributed by atoms with Gasteiger partial charge in [-0.2, -0.15) is 0 Å². The molecule has 1 aromatic heterocycles. The number of aromatic hydroxyl groups is 1. The molecule has 0 saturated carbocycles. The first-order valence-electron chi connectivity index (χ1n) is 6.61. The second-order valence-electron chi connectivity index (χ2n) is 5.05. The van der Waals surface area contributed by atoms with Gasteiger partial charge in [0.2, 0.25) is 5.95 Å². The van der Waals surface area contributed by atoms with Crippen molar-refractivity contribution in [3.8, 4) is 5.75 Å². The molecule has 2 aromatic carbocycles. The van der Waals surface area contributed by atoms with Crippen LogP contribution < -0.4 is 0 Å². The number of rotatable bonds is 2. The van der Waals surface area contributed by atoms with E-state index in [0.717, 1.165) is 25.5 Å². The molecule has 0 unspecified atom stereocenters. The molecule has 0 radical (unpaired) electrons. The van der Waals surface area contributed by atoms with Gasteiger partial charge in [0, 0.05) is 27.8 Å². The molecule has 1 heterocycles. The third kappa shape index (κ3) is 2.80. The van der Waals surface area contributed by atoms with Crippen LogP contribution in [0.5, 0.6) is 5.75 Å². The second-order valence-corrected chi connectivity index (χ2v) is 6.75. The first-order chi connectivity index (χ1) is 10.5. The Hall–Kier alpha value is -1.66. The highest BCUT2D eigenvalue weighted by molar-refractivity contribution is 9.13. The molecule has 22 heavy (non-hydrogen) atoms. The van der Waals surface area contributed by atoms with Gasteiger partial charge in [-0.25, -0.2) is 9.98 Å². The first kappa shape index (κ1) is 15.2. The van der Waals surface area contributed by atoms with E-state index in [2.05, 4.69) is 41.8 Å². The first-order valence-corrected chi connectivity index (χ1v) is 8.19. The highest BCUT2D eigenvalue weighted by atomic mass is 79.9. The molecule has 0 atom stereocenters. The summed E-state index contributed by atoms with van der Waals surface area (Å²) < 4.78 is 3.83. The molecule has 0 aliphatic heterocycles. The van der Waals surface area contributed by atoms with Gasteiger partial charge in [-0.3, -0.25) is 0 Å². The summed E-state index contributed by atoms with van der Waals surface area (Å²) in [5.41, 5.74) is 3.51. The van der Waals surface area contributed by atoms with Crippen LogP contribution in [0.2, 0.25) is 0 Å². The van der Waals surface area contributed by atoms with Crippen molar-refractivity contribution < 1.29 is 5.11 Å². The molecule has 0 amide bonds. The van der Waals surface area contributed by atoms with Gasteiger partial charge in [-0.1, -0.05) is 6.07 Å². The number of hydrogen-bond donors (Lipinski definition) is 1. The number of phenolic OH excluding ortho intramolecular Hbond substituents is 1. The fourth-order valence-corrected chi connectivity index (χ4v) is 2.84. The highest BCUT2D eigenvalue weighted by Crippen LogP contribution is 2.30. The SMILES string of the molecule is Cc1ccc(/C=N/c2nc3cc(Br)c(Br)cc3n2C)c(O)c1. The lowest BCUT2D eigenvalue weighted by Gasteiger charge is -2.00. The molecular formula is C16H13Br2N3O. The maximum absolute atomic E-state index is 9.92. The van der Waals surface area contributed by atoms with Crippen molar-refractivity contribution in [1.82, 2.24) is 9.55 Å². The van der Waals surface area contributed by atoms with Crippen LogP contribution in [0.1, 0.15) is 11.1 Å². The van der Waals surface area contributed by atoms with E-state index in [1.54, 1.807) is 12.3 Å². The third-order valence-electron chi connectivity index (χ3n) is 3.40. The minimum Gasteiger partial charge on any atom is -0.507 e. The van der Waals surface area contributed by atoms with Crippen LogP contribution >= 0.6 is 31.9 Å². The van der Waals surface area contributed by atoms with Crippen molar-refractivity contribution in [3.05, 3.63) is 50.4 Å². The molecule has 0 fully saturated rings. The molecule has 0 bridgehead atoms. The molecule has 0 aliphatic carbocycles. The Labute approximate surface area is 144 Å². The van der Waals surface area contributed by atoms with Crippen molar-refractivity contribution >= 4 is 55.1 Å². The van der Waals surface area contributed by atoms with E-state index in [0.29, 0.717) is 11.5 Å². The van der Waals surface area contributed by atoms with Gasteiger partial charge in [-0.15, -0.1) is 0 Å². The normalized spacial score (nSPS) is 11.6. The summed E-state index contributed by atoms with van der Waals surface area (Å²) >= 11 is 6.97. The Balaban J connectivity index is 2.03. The van der Waals surface area contributed by atoms with Gasteiger partial charge in [-0.05, 0) is 68.6 Å². The van der Waals surface area contributed by atoms with Crippen LogP contribution in [-0.2, 0) is 7.05 Å². The van der Waals surface area contributed by atoms with Crippen LogP contribution in [0.3, 0.4) is 0 Å². The number of halogens is 2. The molecular weight excluding hydrogens is 410 g/mol. The number of aromatic nitrogens is 2. The summed E-state index contributed by atoms with van der Waals surface area (Å²) in [6, 6.07) is 9.43. The average molecular weight is 423 g/mol. The zero-order valence-electron chi connectivity index (χ0n) is 12.0. The number of benzene rings is 2. The van der Waals surface area contributed by atoms with E-state index in [9.17, 15) is 5.11 Å². The van der Waals surface area contributed by atoms with Crippen molar-refractivity contribution in [2.75, 3.05) is 0 Å². The summed E-state index contributed by atoms with van der Waals surface area (Å²) in [7, 11) is 1.91. The van der Waals surface area contributed by atoms with Gasteiger partial charge in [0.05, 0.1) is 11.0 Å². The lowest BCUT2D eigenvalue weighted by atomic mass is 10.1. The Morgan fingerprint density at radius 2 is 1.91 bits per heavy atom. The fourth-order valence-electron chi connectivity index (χ4n) is 2.18. The van der Waals surface area contributed by atoms with Crippen LogP contribution in [0, 0.1) is 6.92 Å². The third-order valence-corrected chi connectivity index (χ3v) is 5.25. The summed E-state index contributed by atoms with van der Waals surface area (Å²) in [4.78, 5) is 8.91. The lowest BCUT2D eigenvalue weighted by molar-refractivity contribution is 0.474. The number of aliphatic imine (C=N–C) groups is 1. The van der Waals surface area contributed by atoms with Crippen LogP contribution in [0.25, 0.3) is 11.0 Å². The van der Waals surface area contributed by atoms with Crippen LogP contribution in [-0.4, -0.2) is 20.9 Å². The molecule has 3 aromatic rings. The standard InChI is InChI=1S/C16H13Br2N3O/c1-9-3-4-10(15(22)5-9)8-19-16-20-13-6-11(17)12(18)7-14(13)21(16)2/h3-8,22H,1-2H3/b19-8+. The van der Waals surface area contributed by atoms with Gasteiger partial charge >= 0.3 is 0 Å². The number of nitrogens with zero attached hydrogens (tertiary/aromatic N) is 3. The molecule has 3 rings (SSSR count). The quantitative estimate of drug-likeness (QED) is 0.599. The van der Waals surface area contributed by atoms with E-state index in [1.165, 1.54) is 0 Å². The van der Waals surface area contributed by atoms with E-state index < -0.39 is 0 Å². The van der Waals surface area contributed by atoms with E-state index in [-0.39, 0.29) is 5.75 Å². The van der Waals surface area contributed by atoms with E-state index in [4.69, 9.17) is 0 Å². The predicted octanol–water partition coefficient (Wildman–Crippen LogP) is 4.86. The summed E-state index contributed by atoms with van der Waals surface area (Å²) in [5.74, 6) is 0.799. The smallest absolute Gasteiger partial charge is 0.230 e. The van der Waals surface area contributed by atoms with E-state index >= 15 is 0 Å². The van der Waals surface area contributed by atoms with Crippen molar-refractivity contribution in [2.45, 2.75) is 6.92 Å². The van der Waals surface area contributed by atoms with Crippen molar-refractivity contribution in [1.29, 1.82) is 0 Å². The lowest BCUT2D eigenvalue weighted by Crippen LogP contribution is -1.88. The maximum atomic E-state index is 9.92. The molecule has 112 valence electrons. The van der Waals surface area contributed by atoms with Gasteiger partial charge < -0.3 is 9.67 Å². The number of fused-ring (bicyclic) bond motifs is 1. The summed E-state index contributed by atoms with van der Waals surface area (Å²) in [6.07, 6.45) is 1.63. The summed E-state index contributed by atoms with van der Waals surface area (Å²) in [6.45, 7) is 1.93. The van der Waals surface area contributed by atoms with E-state index in [1.807, 2.05) is 42.8 Å². The Morgan fingerprint density at radius 1 is 1.18 bits per heavy atom. The molecule has 0 aliphatic rings. The molecule has 0 saturated heterocycles. The zero-order valence-corrected chi connectivity index (χ0v) is 15.2.